The van der Waals surface area contributed by atoms with E-state index < -0.39 is 0 Å². The molecule has 0 saturated heterocycles. The van der Waals surface area contributed by atoms with Crippen LogP contribution in [0.1, 0.15) is 75.6 Å². The Morgan fingerprint density at radius 1 is 0.622 bits per heavy atom. The summed E-state index contributed by atoms with van der Waals surface area (Å²) < 4.78 is 0. The molecule has 2 aliphatic carbocycles. The van der Waals surface area contributed by atoms with Crippen molar-refractivity contribution in [3.63, 3.8) is 0 Å². The van der Waals surface area contributed by atoms with Gasteiger partial charge in [0.05, 0.1) is 5.54 Å². The maximum Gasteiger partial charge on any atom is 0.252 e. The fraction of sp³-hybridized carbons (Fsp3) is 0.286. The summed E-state index contributed by atoms with van der Waals surface area (Å²) in [5.41, 5.74) is 19.9. The highest BCUT2D eigenvalue weighted by atomic mass is 15.3. The van der Waals surface area contributed by atoms with Crippen molar-refractivity contribution in [1.29, 1.82) is 0 Å². The Hall–Kier alpha value is -4.24. The van der Waals surface area contributed by atoms with Crippen molar-refractivity contribution in [1.82, 2.24) is 0 Å². The highest BCUT2D eigenvalue weighted by Crippen LogP contribution is 2.62. The van der Waals surface area contributed by atoms with Crippen LogP contribution >= 0.6 is 0 Å². The van der Waals surface area contributed by atoms with Crippen molar-refractivity contribution in [2.45, 2.75) is 76.7 Å². The van der Waals surface area contributed by atoms with Gasteiger partial charge in [0.1, 0.15) is 0 Å². The van der Waals surface area contributed by atoms with Crippen molar-refractivity contribution in [3.05, 3.63) is 119 Å². The summed E-state index contributed by atoms with van der Waals surface area (Å²) in [6.07, 6.45) is 5.08. The topological polar surface area (TPSA) is 6.48 Å². The minimum Gasteiger partial charge on any atom is -0.335 e. The third-order valence-corrected chi connectivity index (χ3v) is 12.8. The van der Waals surface area contributed by atoms with Crippen LogP contribution in [-0.4, -0.2) is 12.3 Å². The second-order valence-electron chi connectivity index (χ2n) is 15.3. The molecule has 0 spiro atoms. The molecule has 2 nitrogen and oxygen atoms in total. The Bertz CT molecular complexity index is 2110. The van der Waals surface area contributed by atoms with Crippen molar-refractivity contribution in [2.24, 2.45) is 0 Å². The van der Waals surface area contributed by atoms with Gasteiger partial charge in [-0.15, -0.1) is 0 Å². The van der Waals surface area contributed by atoms with E-state index in [2.05, 4.69) is 141 Å². The standard InChI is InChI=1S/C42H39BN2/c1-26-22-36-38-37(23-26)45-39-31(41(4)20-11-12-21-42(41,45)5)18-13-19-33(39)43(38)34-25-32-29(28-16-9-10-17-30(28)40(32,2)3)24-35(34)44(36)27-14-7-6-8-15-27/h6-10,13-19,22-25H,11-12,20-21H2,1-5H3. The zero-order valence-corrected chi connectivity index (χ0v) is 27.0. The van der Waals surface area contributed by atoms with Gasteiger partial charge >= 0.3 is 0 Å². The van der Waals surface area contributed by atoms with E-state index >= 15 is 0 Å². The monoisotopic (exact) mass is 582 g/mol. The van der Waals surface area contributed by atoms with Crippen molar-refractivity contribution < 1.29 is 0 Å². The zero-order chi connectivity index (χ0) is 30.5. The van der Waals surface area contributed by atoms with E-state index in [1.165, 1.54) is 98.3 Å². The number of anilines is 5. The summed E-state index contributed by atoms with van der Waals surface area (Å²) >= 11 is 0. The van der Waals surface area contributed by atoms with E-state index in [1.54, 1.807) is 5.56 Å². The smallest absolute Gasteiger partial charge is 0.252 e. The van der Waals surface area contributed by atoms with Gasteiger partial charge in [-0.2, -0.15) is 0 Å². The first-order valence-electron chi connectivity index (χ1n) is 17.0. The van der Waals surface area contributed by atoms with E-state index in [4.69, 9.17) is 0 Å². The van der Waals surface area contributed by atoms with E-state index in [1.807, 2.05) is 0 Å². The molecule has 2 atom stereocenters. The Morgan fingerprint density at radius 2 is 1.36 bits per heavy atom. The van der Waals surface area contributed by atoms with Crippen LogP contribution < -0.4 is 26.2 Å². The third-order valence-electron chi connectivity index (χ3n) is 12.8. The second kappa shape index (κ2) is 8.32. The van der Waals surface area contributed by atoms with Crippen LogP contribution in [0.25, 0.3) is 11.1 Å². The molecule has 0 amide bonds. The molecule has 0 bridgehead atoms. The minimum atomic E-state index is -0.0514. The molecule has 1 saturated carbocycles. The number of aryl methyl sites for hydroxylation is 1. The Balaban J connectivity index is 1.35. The number of hydrogen-bond acceptors (Lipinski definition) is 2. The van der Waals surface area contributed by atoms with E-state index in [0.717, 1.165) is 0 Å². The van der Waals surface area contributed by atoms with Gasteiger partial charge in [-0.1, -0.05) is 100 Å². The molecule has 0 N–H and O–H groups in total. The van der Waals surface area contributed by atoms with Gasteiger partial charge in [-0.05, 0) is 107 Å². The Morgan fingerprint density at radius 3 is 2.20 bits per heavy atom. The van der Waals surface area contributed by atoms with Crippen molar-refractivity contribution >= 4 is 51.5 Å². The van der Waals surface area contributed by atoms with Gasteiger partial charge < -0.3 is 9.80 Å². The molecule has 5 aromatic rings. The highest BCUT2D eigenvalue weighted by molar-refractivity contribution is 7.00. The third kappa shape index (κ3) is 2.95. The Kier molecular flexibility index (Phi) is 4.81. The summed E-state index contributed by atoms with van der Waals surface area (Å²) in [5.74, 6) is 0. The molecule has 220 valence electrons. The molecule has 2 unspecified atom stereocenters. The zero-order valence-electron chi connectivity index (χ0n) is 27.0. The first-order valence-corrected chi connectivity index (χ1v) is 17.0. The number of hydrogen-bond donors (Lipinski definition) is 0. The van der Waals surface area contributed by atoms with Crippen LogP contribution in [0, 0.1) is 6.92 Å². The quantitative estimate of drug-likeness (QED) is 0.179. The van der Waals surface area contributed by atoms with Gasteiger partial charge in [0.25, 0.3) is 6.71 Å². The van der Waals surface area contributed by atoms with Gasteiger partial charge in [0, 0.05) is 39.3 Å². The predicted molar refractivity (Wildman–Crippen MR) is 191 cm³/mol. The van der Waals surface area contributed by atoms with Crippen LogP contribution in [0.2, 0.25) is 0 Å². The first kappa shape index (κ1) is 26.0. The molecular formula is C42H39BN2. The molecular weight excluding hydrogens is 543 g/mol. The number of nitrogens with zero attached hydrogens (tertiary/aromatic N) is 2. The lowest BCUT2D eigenvalue weighted by molar-refractivity contribution is 0.195. The van der Waals surface area contributed by atoms with E-state index in [9.17, 15) is 0 Å². The van der Waals surface area contributed by atoms with Crippen LogP contribution in [0.3, 0.4) is 0 Å². The Labute approximate surface area is 267 Å². The van der Waals surface area contributed by atoms with E-state index in [0.29, 0.717) is 0 Å². The van der Waals surface area contributed by atoms with Crippen LogP contribution in [0.15, 0.2) is 97.1 Å². The average Bonchev–Trinajstić information content (AvgIpc) is 3.40. The van der Waals surface area contributed by atoms with Gasteiger partial charge in [-0.3, -0.25) is 0 Å². The molecule has 0 aromatic heterocycles. The summed E-state index contributed by atoms with van der Waals surface area (Å²) in [6, 6.07) is 37.6. The number of fused-ring (bicyclic) bond motifs is 10. The fourth-order valence-corrected chi connectivity index (χ4v) is 10.5. The van der Waals surface area contributed by atoms with Gasteiger partial charge in [0.15, 0.2) is 0 Å². The fourth-order valence-electron chi connectivity index (χ4n) is 10.5. The molecule has 3 heteroatoms. The molecule has 10 rings (SSSR count). The maximum atomic E-state index is 2.83. The van der Waals surface area contributed by atoms with Crippen molar-refractivity contribution in [3.8, 4) is 11.1 Å². The molecule has 0 radical (unpaired) electrons. The average molecular weight is 583 g/mol. The molecule has 5 aromatic carbocycles. The second-order valence-corrected chi connectivity index (χ2v) is 15.3. The number of rotatable bonds is 1. The molecule has 3 heterocycles. The van der Waals surface area contributed by atoms with Gasteiger partial charge in [-0.25, -0.2) is 0 Å². The van der Waals surface area contributed by atoms with E-state index in [-0.39, 0.29) is 23.1 Å². The number of para-hydroxylation sites is 2. The summed E-state index contributed by atoms with van der Waals surface area (Å²) in [6.45, 7) is 12.5. The van der Waals surface area contributed by atoms with Gasteiger partial charge in [0.2, 0.25) is 0 Å². The highest BCUT2D eigenvalue weighted by Gasteiger charge is 2.61. The minimum absolute atomic E-state index is 0.0512. The van der Waals surface area contributed by atoms with Crippen LogP contribution in [0.4, 0.5) is 28.4 Å². The maximum absolute atomic E-state index is 2.83. The normalized spacial score (nSPS) is 24.0. The number of benzene rings is 5. The molecule has 45 heavy (non-hydrogen) atoms. The van der Waals surface area contributed by atoms with Crippen molar-refractivity contribution in [2.75, 3.05) is 9.80 Å². The molecule has 5 aliphatic rings. The largest absolute Gasteiger partial charge is 0.335 e. The SMILES string of the molecule is Cc1cc2c3c(c1)N1c4c(cccc4C4(C)CCCCC14C)B3c1cc3c(cc1N2c1ccccc1)-c1ccccc1C3(C)C. The van der Waals surface area contributed by atoms with Crippen LogP contribution in [-0.2, 0) is 10.8 Å². The summed E-state index contributed by atoms with van der Waals surface area (Å²) in [4.78, 5) is 5.42. The lowest BCUT2D eigenvalue weighted by atomic mass is 9.33. The van der Waals surface area contributed by atoms with Crippen LogP contribution in [0.5, 0.6) is 0 Å². The first-order chi connectivity index (χ1) is 21.7. The lowest BCUT2D eigenvalue weighted by Crippen LogP contribution is -2.64. The molecule has 3 aliphatic heterocycles. The lowest BCUT2D eigenvalue weighted by Gasteiger charge is -2.53. The predicted octanol–water partition coefficient (Wildman–Crippen LogP) is 8.66. The molecule has 1 fully saturated rings. The summed E-state index contributed by atoms with van der Waals surface area (Å²) in [5, 5.41) is 0. The summed E-state index contributed by atoms with van der Waals surface area (Å²) in [7, 11) is 0.